The average molecular weight is 447 g/mol. The number of carbonyl (C=O) groups is 3. The first-order valence-electron chi connectivity index (χ1n) is 10.8. The molecule has 3 aromatic rings. The molecule has 4 rings (SSSR count). The Hall–Kier alpha value is -3.94. The van der Waals surface area contributed by atoms with Gasteiger partial charge in [-0.1, -0.05) is 32.0 Å². The van der Waals surface area contributed by atoms with E-state index in [4.69, 9.17) is 14.1 Å². The molecule has 0 aliphatic heterocycles. The number of urea groups is 1. The number of aromatic nitrogens is 1. The molecule has 0 saturated carbocycles. The van der Waals surface area contributed by atoms with Crippen molar-refractivity contribution in [2.45, 2.75) is 26.7 Å². The van der Waals surface area contributed by atoms with Gasteiger partial charge in [-0.2, -0.15) is 0 Å². The summed E-state index contributed by atoms with van der Waals surface area (Å²) in [6, 6.07) is 10.4. The van der Waals surface area contributed by atoms with Crippen LogP contribution in [0.15, 0.2) is 47.1 Å². The number of furan rings is 1. The highest BCUT2D eigenvalue weighted by Crippen LogP contribution is 2.37. The lowest BCUT2D eigenvalue weighted by Crippen LogP contribution is -2.42. The minimum atomic E-state index is -0.696. The van der Waals surface area contributed by atoms with Crippen molar-refractivity contribution < 1.29 is 23.5 Å². The highest BCUT2D eigenvalue weighted by atomic mass is 16.5. The van der Waals surface area contributed by atoms with Crippen LogP contribution in [0, 0.1) is 5.92 Å². The fourth-order valence-electron chi connectivity index (χ4n) is 3.76. The molecule has 170 valence electrons. The second kappa shape index (κ2) is 9.68. The van der Waals surface area contributed by atoms with Crippen LogP contribution in [0.4, 0.5) is 4.79 Å². The Morgan fingerprint density at radius 3 is 2.73 bits per heavy atom. The summed E-state index contributed by atoms with van der Waals surface area (Å²) in [5.74, 6) is -0.360. The van der Waals surface area contributed by atoms with Crippen LogP contribution >= 0.6 is 0 Å². The molecule has 0 saturated heterocycles. The molecular weight excluding hydrogens is 422 g/mol. The van der Waals surface area contributed by atoms with Crippen LogP contribution in [0.25, 0.3) is 22.6 Å². The van der Waals surface area contributed by atoms with Gasteiger partial charge in [0.05, 0.1) is 23.0 Å². The van der Waals surface area contributed by atoms with Gasteiger partial charge in [-0.25, -0.2) is 14.6 Å². The third kappa shape index (κ3) is 5.11. The van der Waals surface area contributed by atoms with Crippen LogP contribution in [0.5, 0.6) is 0 Å². The zero-order valence-electron chi connectivity index (χ0n) is 18.5. The van der Waals surface area contributed by atoms with Crippen molar-refractivity contribution >= 4 is 40.5 Å². The van der Waals surface area contributed by atoms with E-state index >= 15 is 0 Å². The van der Waals surface area contributed by atoms with E-state index < -0.39 is 24.5 Å². The number of carbonyl (C=O) groups excluding carboxylic acids is 3. The van der Waals surface area contributed by atoms with Gasteiger partial charge in [-0.05, 0) is 54.2 Å². The molecule has 0 spiro atoms. The van der Waals surface area contributed by atoms with Crippen LogP contribution in [0.1, 0.15) is 47.6 Å². The van der Waals surface area contributed by atoms with Crippen LogP contribution < -0.4 is 10.6 Å². The van der Waals surface area contributed by atoms with E-state index in [-0.39, 0.29) is 5.92 Å². The molecule has 0 bridgehead atoms. The molecule has 0 atom stereocenters. The van der Waals surface area contributed by atoms with E-state index in [1.54, 1.807) is 6.26 Å². The quantitative estimate of drug-likeness (QED) is 0.554. The van der Waals surface area contributed by atoms with Gasteiger partial charge in [0.1, 0.15) is 5.76 Å². The summed E-state index contributed by atoms with van der Waals surface area (Å²) in [4.78, 5) is 41.7. The minimum absolute atomic E-state index is 0.248. The molecule has 2 heterocycles. The molecule has 0 unspecified atom stereocenters. The van der Waals surface area contributed by atoms with E-state index in [0.29, 0.717) is 41.6 Å². The minimum Gasteiger partial charge on any atom is -0.465 e. The number of benzene rings is 1. The molecule has 33 heavy (non-hydrogen) atoms. The number of allylic oxidation sites excluding steroid dienone is 1. The second-order valence-corrected chi connectivity index (χ2v) is 8.24. The Morgan fingerprint density at radius 2 is 1.97 bits per heavy atom. The first kappa shape index (κ1) is 22.3. The first-order valence-corrected chi connectivity index (χ1v) is 10.8. The third-order valence-electron chi connectivity index (χ3n) is 5.26. The Kier molecular flexibility index (Phi) is 6.53. The standard InChI is InChI=1S/C25H25N3O5/c1-15(2)13-26-25(31)28-21(29)14-33-24(30)22-18-7-3-4-8-20(18)27-23-16(9-10-19(22)23)12-17-6-5-11-32-17/h3-8,11-12,15H,9-10,13-14H2,1-2H3,(H2,26,28,29,31)/b16-12+. The number of esters is 1. The number of amides is 3. The number of para-hydroxylation sites is 1. The summed E-state index contributed by atoms with van der Waals surface area (Å²) >= 11 is 0. The number of hydrogen-bond donors (Lipinski definition) is 2. The number of rotatable bonds is 6. The fraction of sp³-hybridized carbons (Fsp3) is 0.280. The zero-order valence-corrected chi connectivity index (χ0v) is 18.5. The Labute approximate surface area is 191 Å². The molecule has 0 fully saturated rings. The maximum Gasteiger partial charge on any atom is 0.339 e. The van der Waals surface area contributed by atoms with Crippen molar-refractivity contribution in [3.05, 3.63) is 65.2 Å². The number of fused-ring (bicyclic) bond motifs is 2. The molecular formula is C25H25N3O5. The molecule has 8 heteroatoms. The van der Waals surface area contributed by atoms with Crippen molar-refractivity contribution in [1.29, 1.82) is 0 Å². The fourth-order valence-corrected chi connectivity index (χ4v) is 3.76. The summed E-state index contributed by atoms with van der Waals surface area (Å²) in [7, 11) is 0. The third-order valence-corrected chi connectivity index (χ3v) is 5.26. The van der Waals surface area contributed by atoms with Crippen LogP contribution in [0.2, 0.25) is 0 Å². The Balaban J connectivity index is 1.56. The van der Waals surface area contributed by atoms with Gasteiger partial charge in [-0.3, -0.25) is 10.1 Å². The van der Waals surface area contributed by atoms with Gasteiger partial charge in [0.15, 0.2) is 6.61 Å². The molecule has 1 aliphatic carbocycles. The van der Waals surface area contributed by atoms with E-state index in [1.165, 1.54) is 0 Å². The summed E-state index contributed by atoms with van der Waals surface area (Å²) in [5.41, 5.74) is 3.55. The summed E-state index contributed by atoms with van der Waals surface area (Å²) in [6.45, 7) is 3.75. The van der Waals surface area contributed by atoms with Crippen molar-refractivity contribution in [3.8, 4) is 0 Å². The monoisotopic (exact) mass is 447 g/mol. The maximum atomic E-state index is 13.1. The summed E-state index contributed by atoms with van der Waals surface area (Å²) in [5, 5.41) is 5.41. The van der Waals surface area contributed by atoms with E-state index in [0.717, 1.165) is 16.8 Å². The van der Waals surface area contributed by atoms with Gasteiger partial charge >= 0.3 is 12.0 Å². The highest BCUT2D eigenvalue weighted by Gasteiger charge is 2.28. The van der Waals surface area contributed by atoms with Gasteiger partial charge in [0, 0.05) is 11.9 Å². The predicted molar refractivity (Wildman–Crippen MR) is 123 cm³/mol. The largest absolute Gasteiger partial charge is 0.465 e. The van der Waals surface area contributed by atoms with Crippen LogP contribution in [-0.4, -0.2) is 36.0 Å². The lowest BCUT2D eigenvalue weighted by atomic mass is 10.0. The maximum absolute atomic E-state index is 13.1. The average Bonchev–Trinajstić information content (AvgIpc) is 3.45. The highest BCUT2D eigenvalue weighted by molar-refractivity contribution is 6.07. The smallest absolute Gasteiger partial charge is 0.339 e. The Morgan fingerprint density at radius 1 is 1.15 bits per heavy atom. The second-order valence-electron chi connectivity index (χ2n) is 8.24. The van der Waals surface area contributed by atoms with Crippen molar-refractivity contribution in [2.75, 3.05) is 13.2 Å². The number of nitrogens with one attached hydrogen (secondary N) is 2. The van der Waals surface area contributed by atoms with E-state index in [1.807, 2.05) is 56.3 Å². The summed E-state index contributed by atoms with van der Waals surface area (Å²) in [6.07, 6.45) is 4.85. The SMILES string of the molecule is CC(C)CNC(=O)NC(=O)COC(=O)c1c2c(nc3ccccc13)/C(=C/c1ccco1)CC2. The summed E-state index contributed by atoms with van der Waals surface area (Å²) < 4.78 is 10.7. The van der Waals surface area contributed by atoms with Gasteiger partial charge in [0.25, 0.3) is 5.91 Å². The van der Waals surface area contributed by atoms with Crippen LogP contribution in [0.3, 0.4) is 0 Å². The van der Waals surface area contributed by atoms with Crippen LogP contribution in [-0.2, 0) is 16.0 Å². The number of hydrogen-bond acceptors (Lipinski definition) is 6. The topological polar surface area (TPSA) is 111 Å². The zero-order chi connectivity index (χ0) is 23.4. The number of nitrogens with zero attached hydrogens (tertiary/aromatic N) is 1. The molecule has 3 amide bonds. The van der Waals surface area contributed by atoms with Crippen molar-refractivity contribution in [2.24, 2.45) is 5.92 Å². The first-order chi connectivity index (χ1) is 15.9. The predicted octanol–water partition coefficient (Wildman–Crippen LogP) is 3.95. The molecule has 2 aromatic heterocycles. The van der Waals surface area contributed by atoms with E-state index in [9.17, 15) is 14.4 Å². The number of ether oxygens (including phenoxy) is 1. The number of imide groups is 1. The molecule has 8 nitrogen and oxygen atoms in total. The van der Waals surface area contributed by atoms with Crippen molar-refractivity contribution in [3.63, 3.8) is 0 Å². The molecule has 2 N–H and O–H groups in total. The van der Waals surface area contributed by atoms with Gasteiger partial charge < -0.3 is 14.5 Å². The lowest BCUT2D eigenvalue weighted by Gasteiger charge is -2.12. The lowest BCUT2D eigenvalue weighted by molar-refractivity contribution is -0.123. The molecule has 0 radical (unpaired) electrons. The van der Waals surface area contributed by atoms with Gasteiger partial charge in [0.2, 0.25) is 0 Å². The molecule has 1 aliphatic rings. The van der Waals surface area contributed by atoms with Gasteiger partial charge in [-0.15, -0.1) is 0 Å². The number of pyridine rings is 1. The normalized spacial score (nSPS) is 13.8. The van der Waals surface area contributed by atoms with E-state index in [2.05, 4.69) is 10.6 Å². The van der Waals surface area contributed by atoms with Crippen molar-refractivity contribution in [1.82, 2.24) is 15.6 Å². The Bertz CT molecular complexity index is 1230. The molecule has 1 aromatic carbocycles.